The highest BCUT2D eigenvalue weighted by molar-refractivity contribution is 7.92. The Morgan fingerprint density at radius 3 is 2.47 bits per heavy atom. The summed E-state index contributed by atoms with van der Waals surface area (Å²) in [6.07, 6.45) is 4.05. The molecule has 1 aromatic carbocycles. The largest absolute Gasteiger partial charge is 0.326 e. The van der Waals surface area contributed by atoms with E-state index in [4.69, 9.17) is 0 Å². The van der Waals surface area contributed by atoms with Crippen molar-refractivity contribution in [3.05, 3.63) is 66.0 Å². The zero-order valence-corrected chi connectivity index (χ0v) is 18.2. The Balaban J connectivity index is 1.48. The van der Waals surface area contributed by atoms with Crippen LogP contribution in [0.5, 0.6) is 0 Å². The first-order valence-electron chi connectivity index (χ1n) is 9.76. The van der Waals surface area contributed by atoms with Crippen LogP contribution in [-0.4, -0.2) is 57.7 Å². The summed E-state index contributed by atoms with van der Waals surface area (Å²) < 4.78 is 26.8. The maximum atomic E-state index is 12.8. The van der Waals surface area contributed by atoms with Gasteiger partial charge in [-0.1, -0.05) is 0 Å². The van der Waals surface area contributed by atoms with Gasteiger partial charge in [0.2, 0.25) is 10.0 Å². The Morgan fingerprint density at radius 1 is 1.09 bits per heavy atom. The number of anilines is 2. The molecule has 0 saturated carbocycles. The number of aromatic nitrogens is 4. The molecular formula is C20H21N7O4S. The third-order valence-corrected chi connectivity index (χ3v) is 5.63. The number of amides is 2. The highest BCUT2D eigenvalue weighted by Crippen LogP contribution is 2.27. The Labute approximate surface area is 184 Å². The lowest BCUT2D eigenvalue weighted by atomic mass is 10.2. The molecule has 0 fully saturated rings. The van der Waals surface area contributed by atoms with Crippen LogP contribution in [0.4, 0.5) is 11.4 Å². The van der Waals surface area contributed by atoms with Crippen molar-refractivity contribution < 1.29 is 18.0 Å². The monoisotopic (exact) mass is 455 g/mol. The molecule has 166 valence electrons. The van der Waals surface area contributed by atoms with Gasteiger partial charge >= 0.3 is 0 Å². The molecule has 0 radical (unpaired) electrons. The molecule has 32 heavy (non-hydrogen) atoms. The van der Waals surface area contributed by atoms with Crippen LogP contribution >= 0.6 is 0 Å². The van der Waals surface area contributed by atoms with Crippen LogP contribution < -0.4 is 10.0 Å². The van der Waals surface area contributed by atoms with Crippen LogP contribution in [-0.2, 0) is 16.6 Å². The summed E-state index contributed by atoms with van der Waals surface area (Å²) in [6.45, 7) is 2.65. The van der Waals surface area contributed by atoms with Crippen LogP contribution in [0, 0.1) is 0 Å². The van der Waals surface area contributed by atoms with Crippen molar-refractivity contribution in [1.82, 2.24) is 24.6 Å². The summed E-state index contributed by atoms with van der Waals surface area (Å²) in [7, 11) is -3.38. The Kier molecular flexibility index (Phi) is 5.61. The van der Waals surface area contributed by atoms with E-state index in [1.807, 2.05) is 6.92 Å². The topological polar surface area (TPSA) is 139 Å². The molecule has 0 aliphatic carbocycles. The van der Waals surface area contributed by atoms with Crippen molar-refractivity contribution >= 4 is 33.2 Å². The van der Waals surface area contributed by atoms with Crippen molar-refractivity contribution in [3.8, 4) is 0 Å². The van der Waals surface area contributed by atoms with Crippen molar-refractivity contribution in [2.75, 3.05) is 22.8 Å². The average Bonchev–Trinajstić information content (AvgIpc) is 3.20. The van der Waals surface area contributed by atoms with Crippen LogP contribution in [0.3, 0.4) is 0 Å². The zero-order chi connectivity index (χ0) is 22.9. The average molecular weight is 456 g/mol. The van der Waals surface area contributed by atoms with E-state index < -0.39 is 10.0 Å². The second-order valence-electron chi connectivity index (χ2n) is 7.34. The molecule has 3 heterocycles. The van der Waals surface area contributed by atoms with E-state index in [1.54, 1.807) is 45.9 Å². The zero-order valence-electron chi connectivity index (χ0n) is 17.4. The van der Waals surface area contributed by atoms with Gasteiger partial charge in [0.25, 0.3) is 11.8 Å². The van der Waals surface area contributed by atoms with Gasteiger partial charge in [-0.25, -0.2) is 13.4 Å². The minimum absolute atomic E-state index is 0.242. The second-order valence-corrected chi connectivity index (χ2v) is 9.09. The fraction of sp³-hybridized carbons (Fsp3) is 0.250. The number of benzene rings is 1. The molecule has 3 aromatic rings. The van der Waals surface area contributed by atoms with Gasteiger partial charge in [-0.15, -0.1) is 5.10 Å². The fourth-order valence-corrected chi connectivity index (χ4v) is 4.12. The molecule has 0 spiro atoms. The summed E-state index contributed by atoms with van der Waals surface area (Å²) >= 11 is 0. The van der Waals surface area contributed by atoms with E-state index in [0.29, 0.717) is 36.0 Å². The third kappa shape index (κ3) is 4.44. The van der Waals surface area contributed by atoms with Crippen molar-refractivity contribution in [2.24, 2.45) is 0 Å². The van der Waals surface area contributed by atoms with Crippen molar-refractivity contribution in [3.63, 3.8) is 0 Å². The van der Waals surface area contributed by atoms with Crippen LogP contribution in [0.2, 0.25) is 0 Å². The standard InChI is InChI=1S/C20H21N7O4S/c1-13-18-21-12-17(19(28)23-14-5-7-15(8-6-14)25-32(2,30)31)27(18)11-10-26(13)20(29)16-4-3-9-22-24-16/h3-9,12-13,25H,10-11H2,1-2H3,(H,23,28). The lowest BCUT2D eigenvalue weighted by molar-refractivity contribution is 0.0629. The summed E-state index contributed by atoms with van der Waals surface area (Å²) in [5.74, 6) is 0.00783. The van der Waals surface area contributed by atoms with Crippen molar-refractivity contribution in [1.29, 1.82) is 0 Å². The molecule has 12 heteroatoms. The number of imidazole rings is 1. The maximum Gasteiger partial charge on any atom is 0.275 e. The van der Waals surface area contributed by atoms with Gasteiger partial charge < -0.3 is 14.8 Å². The van der Waals surface area contributed by atoms with Gasteiger partial charge in [0.1, 0.15) is 11.5 Å². The highest BCUT2D eigenvalue weighted by atomic mass is 32.2. The summed E-state index contributed by atoms with van der Waals surface area (Å²) in [5.41, 5.74) is 1.53. The molecule has 1 aliphatic rings. The Hall–Kier alpha value is -3.80. The molecule has 4 rings (SSSR count). The quantitative estimate of drug-likeness (QED) is 0.594. The van der Waals surface area contributed by atoms with E-state index in [0.717, 1.165) is 6.26 Å². The Bertz CT molecular complexity index is 1260. The van der Waals surface area contributed by atoms with E-state index >= 15 is 0 Å². The molecule has 1 atom stereocenters. The molecule has 0 saturated heterocycles. The minimum Gasteiger partial charge on any atom is -0.326 e. The van der Waals surface area contributed by atoms with E-state index in [-0.39, 0.29) is 23.6 Å². The lowest BCUT2D eigenvalue weighted by Gasteiger charge is -2.34. The van der Waals surface area contributed by atoms with E-state index in [9.17, 15) is 18.0 Å². The van der Waals surface area contributed by atoms with Crippen LogP contribution in [0.15, 0.2) is 48.8 Å². The molecular weight excluding hydrogens is 434 g/mol. The van der Waals surface area contributed by atoms with Crippen LogP contribution in [0.25, 0.3) is 0 Å². The van der Waals surface area contributed by atoms with Gasteiger partial charge in [-0.05, 0) is 43.3 Å². The molecule has 2 aromatic heterocycles. The number of carbonyl (C=O) groups is 2. The molecule has 1 aliphatic heterocycles. The molecule has 1 unspecified atom stereocenters. The van der Waals surface area contributed by atoms with Crippen molar-refractivity contribution in [2.45, 2.75) is 19.5 Å². The smallest absolute Gasteiger partial charge is 0.275 e. The number of carbonyl (C=O) groups excluding carboxylic acids is 2. The van der Waals surface area contributed by atoms with Gasteiger partial charge in [0.15, 0.2) is 5.69 Å². The fourth-order valence-electron chi connectivity index (χ4n) is 3.55. The van der Waals surface area contributed by atoms with Gasteiger partial charge in [0, 0.05) is 30.7 Å². The number of fused-ring (bicyclic) bond motifs is 1. The second kappa shape index (κ2) is 8.38. The first-order chi connectivity index (χ1) is 15.2. The first kappa shape index (κ1) is 21.4. The van der Waals surface area contributed by atoms with Gasteiger partial charge in [-0.3, -0.25) is 14.3 Å². The van der Waals surface area contributed by atoms with Gasteiger partial charge in [0.05, 0.1) is 18.5 Å². The lowest BCUT2D eigenvalue weighted by Crippen LogP contribution is -2.42. The SMILES string of the molecule is CC1c2ncc(C(=O)Nc3ccc(NS(C)(=O)=O)cc3)n2CCN1C(=O)c1cccnn1. The minimum atomic E-state index is -3.38. The number of sulfonamides is 1. The predicted octanol–water partition coefficient (Wildman–Crippen LogP) is 1.51. The van der Waals surface area contributed by atoms with E-state index in [1.165, 1.54) is 12.4 Å². The maximum absolute atomic E-state index is 12.8. The summed E-state index contributed by atoms with van der Waals surface area (Å²) in [4.78, 5) is 31.6. The molecule has 2 N–H and O–H groups in total. The summed E-state index contributed by atoms with van der Waals surface area (Å²) in [6, 6.07) is 9.23. The number of nitrogens with zero attached hydrogens (tertiary/aromatic N) is 5. The first-order valence-corrected chi connectivity index (χ1v) is 11.7. The highest BCUT2D eigenvalue weighted by Gasteiger charge is 2.32. The molecule has 11 nitrogen and oxygen atoms in total. The normalized spacial score (nSPS) is 15.7. The Morgan fingerprint density at radius 2 is 1.81 bits per heavy atom. The number of rotatable bonds is 5. The predicted molar refractivity (Wildman–Crippen MR) is 117 cm³/mol. The number of hydrogen-bond acceptors (Lipinski definition) is 7. The summed E-state index contributed by atoms with van der Waals surface area (Å²) in [5, 5.41) is 10.4. The van der Waals surface area contributed by atoms with Gasteiger partial charge in [-0.2, -0.15) is 5.10 Å². The van der Waals surface area contributed by atoms with E-state index in [2.05, 4.69) is 25.2 Å². The number of nitrogens with one attached hydrogen (secondary N) is 2. The third-order valence-electron chi connectivity index (χ3n) is 5.02. The molecule has 0 bridgehead atoms. The number of hydrogen-bond donors (Lipinski definition) is 2. The van der Waals surface area contributed by atoms with Crippen LogP contribution in [0.1, 0.15) is 39.8 Å². The molecule has 2 amide bonds.